The molecular weight excluding hydrogens is 136 g/mol. The molecule has 0 fully saturated rings. The zero-order valence-corrected chi connectivity index (χ0v) is 6.67. The molecule has 58 valence electrons. The monoisotopic (exact) mass is 148 g/mol. The largest absolute Gasteiger partial charge is 0.388 e. The van der Waals surface area contributed by atoms with Crippen LogP contribution in [0.1, 0.15) is 29.2 Å². The van der Waals surface area contributed by atoms with Crippen LogP contribution in [0.5, 0.6) is 0 Å². The van der Waals surface area contributed by atoms with Crippen LogP contribution >= 0.6 is 0 Å². The van der Waals surface area contributed by atoms with Gasteiger partial charge in [0, 0.05) is 0 Å². The van der Waals surface area contributed by atoms with Crippen molar-refractivity contribution in [2.45, 2.75) is 25.9 Å². The minimum atomic E-state index is -0.203. The highest BCUT2D eigenvalue weighted by molar-refractivity contribution is 5.36. The van der Waals surface area contributed by atoms with E-state index >= 15 is 0 Å². The van der Waals surface area contributed by atoms with E-state index in [1.54, 1.807) is 0 Å². The smallest absolute Gasteiger partial charge is 0.0795 e. The van der Waals surface area contributed by atoms with Crippen molar-refractivity contribution < 1.29 is 5.11 Å². The molecule has 1 aliphatic rings. The Morgan fingerprint density at radius 2 is 2.27 bits per heavy atom. The van der Waals surface area contributed by atoms with Crippen LogP contribution in [-0.4, -0.2) is 5.11 Å². The molecule has 2 rings (SSSR count). The Kier molecular flexibility index (Phi) is 1.46. The molecule has 0 heterocycles. The molecule has 1 aromatic carbocycles. The van der Waals surface area contributed by atoms with Crippen molar-refractivity contribution in [2.24, 2.45) is 0 Å². The lowest BCUT2D eigenvalue weighted by molar-refractivity contribution is 0.180. The Hall–Kier alpha value is -0.820. The molecule has 0 aliphatic heterocycles. The van der Waals surface area contributed by atoms with Crippen LogP contribution in [-0.2, 0) is 6.42 Å². The van der Waals surface area contributed by atoms with Gasteiger partial charge in [0.1, 0.15) is 0 Å². The van der Waals surface area contributed by atoms with Gasteiger partial charge in [-0.1, -0.05) is 23.8 Å². The molecular formula is C10H12O. The van der Waals surface area contributed by atoms with Gasteiger partial charge in [-0.15, -0.1) is 0 Å². The first-order chi connectivity index (χ1) is 5.27. The fraction of sp³-hybridized carbons (Fsp3) is 0.400. The van der Waals surface area contributed by atoms with E-state index in [2.05, 4.69) is 19.1 Å². The Morgan fingerprint density at radius 1 is 1.45 bits per heavy atom. The van der Waals surface area contributed by atoms with Crippen LogP contribution in [0.15, 0.2) is 18.2 Å². The highest BCUT2D eigenvalue weighted by Gasteiger charge is 2.18. The summed E-state index contributed by atoms with van der Waals surface area (Å²) in [5.74, 6) is 0. The Bertz CT molecular complexity index is 278. The number of hydrogen-bond acceptors (Lipinski definition) is 1. The first kappa shape index (κ1) is 6.86. The zero-order valence-electron chi connectivity index (χ0n) is 6.67. The van der Waals surface area contributed by atoms with Gasteiger partial charge in [0.2, 0.25) is 0 Å². The summed E-state index contributed by atoms with van der Waals surface area (Å²) in [6.07, 6.45) is 1.74. The lowest BCUT2D eigenvalue weighted by atomic mass is 10.1. The fourth-order valence-electron chi connectivity index (χ4n) is 1.72. The molecule has 1 heteroatoms. The maximum Gasteiger partial charge on any atom is 0.0795 e. The standard InChI is InChI=1S/C10H12O/c1-7-2-4-9-8(6-7)3-5-10(9)11/h2,4,6,10-11H,3,5H2,1H3/t10-/m1/s1. The Labute approximate surface area is 66.7 Å². The number of aliphatic hydroxyl groups is 1. The topological polar surface area (TPSA) is 20.2 Å². The number of aliphatic hydroxyl groups excluding tert-OH is 1. The lowest BCUT2D eigenvalue weighted by Gasteiger charge is -2.02. The summed E-state index contributed by atoms with van der Waals surface area (Å²) in [4.78, 5) is 0. The lowest BCUT2D eigenvalue weighted by Crippen LogP contribution is -1.89. The van der Waals surface area contributed by atoms with Gasteiger partial charge in [-0.2, -0.15) is 0 Å². The van der Waals surface area contributed by atoms with Crippen LogP contribution in [0.3, 0.4) is 0 Å². The van der Waals surface area contributed by atoms with Crippen LogP contribution in [0.2, 0.25) is 0 Å². The normalized spacial score (nSPS) is 21.8. The Balaban J connectivity index is 2.50. The van der Waals surface area contributed by atoms with Gasteiger partial charge in [0.15, 0.2) is 0 Å². The van der Waals surface area contributed by atoms with E-state index in [1.165, 1.54) is 11.1 Å². The quantitative estimate of drug-likeness (QED) is 0.596. The maximum atomic E-state index is 9.47. The predicted octanol–water partition coefficient (Wildman–Crippen LogP) is 1.97. The van der Waals surface area contributed by atoms with Gasteiger partial charge in [-0.05, 0) is 30.9 Å². The minimum Gasteiger partial charge on any atom is -0.388 e. The Morgan fingerprint density at radius 3 is 3.09 bits per heavy atom. The summed E-state index contributed by atoms with van der Waals surface area (Å²) >= 11 is 0. The summed E-state index contributed by atoms with van der Waals surface area (Å²) in [6.45, 7) is 2.09. The third kappa shape index (κ3) is 1.05. The van der Waals surface area contributed by atoms with E-state index in [0.29, 0.717) is 0 Å². The molecule has 0 bridgehead atoms. The SMILES string of the molecule is Cc1ccc2c(c1)CC[C@H]2O. The first-order valence-electron chi connectivity index (χ1n) is 4.05. The van der Waals surface area contributed by atoms with Crippen molar-refractivity contribution in [1.82, 2.24) is 0 Å². The second-order valence-electron chi connectivity index (χ2n) is 3.26. The third-order valence-electron chi connectivity index (χ3n) is 2.34. The number of benzene rings is 1. The van der Waals surface area contributed by atoms with Gasteiger partial charge < -0.3 is 5.11 Å². The van der Waals surface area contributed by atoms with Crippen LogP contribution < -0.4 is 0 Å². The van der Waals surface area contributed by atoms with Gasteiger partial charge >= 0.3 is 0 Å². The minimum absolute atomic E-state index is 0.203. The predicted molar refractivity (Wildman–Crippen MR) is 44.5 cm³/mol. The van der Waals surface area contributed by atoms with Crippen molar-refractivity contribution in [1.29, 1.82) is 0 Å². The van der Waals surface area contributed by atoms with E-state index in [9.17, 15) is 5.11 Å². The van der Waals surface area contributed by atoms with Crippen LogP contribution in [0, 0.1) is 6.92 Å². The fourth-order valence-corrected chi connectivity index (χ4v) is 1.72. The second kappa shape index (κ2) is 2.35. The summed E-state index contributed by atoms with van der Waals surface area (Å²) in [7, 11) is 0. The van der Waals surface area contributed by atoms with Gasteiger partial charge in [0.25, 0.3) is 0 Å². The van der Waals surface area contributed by atoms with Crippen molar-refractivity contribution in [3.05, 3.63) is 34.9 Å². The van der Waals surface area contributed by atoms with Gasteiger partial charge in [-0.25, -0.2) is 0 Å². The van der Waals surface area contributed by atoms with Crippen molar-refractivity contribution in [3.63, 3.8) is 0 Å². The summed E-state index contributed by atoms with van der Waals surface area (Å²) in [5, 5.41) is 9.47. The summed E-state index contributed by atoms with van der Waals surface area (Å²) in [5.41, 5.74) is 3.76. The van der Waals surface area contributed by atoms with E-state index in [1.807, 2.05) is 6.07 Å². The average molecular weight is 148 g/mol. The third-order valence-corrected chi connectivity index (χ3v) is 2.34. The van der Waals surface area contributed by atoms with Crippen LogP contribution in [0.4, 0.5) is 0 Å². The molecule has 0 aromatic heterocycles. The zero-order chi connectivity index (χ0) is 7.84. The molecule has 0 saturated heterocycles. The van der Waals surface area contributed by atoms with E-state index in [4.69, 9.17) is 0 Å². The second-order valence-corrected chi connectivity index (χ2v) is 3.26. The molecule has 1 N–H and O–H groups in total. The van der Waals surface area contributed by atoms with Crippen LogP contribution in [0.25, 0.3) is 0 Å². The number of aryl methyl sites for hydroxylation is 2. The van der Waals surface area contributed by atoms with Gasteiger partial charge in [-0.3, -0.25) is 0 Å². The number of hydrogen-bond donors (Lipinski definition) is 1. The molecule has 0 amide bonds. The number of rotatable bonds is 0. The molecule has 11 heavy (non-hydrogen) atoms. The highest BCUT2D eigenvalue weighted by atomic mass is 16.3. The average Bonchev–Trinajstić information content (AvgIpc) is 2.32. The van der Waals surface area contributed by atoms with E-state index in [0.717, 1.165) is 18.4 Å². The molecule has 1 aliphatic carbocycles. The number of fused-ring (bicyclic) bond motifs is 1. The molecule has 1 atom stereocenters. The molecule has 0 spiro atoms. The molecule has 0 saturated carbocycles. The molecule has 1 nitrogen and oxygen atoms in total. The molecule has 0 unspecified atom stereocenters. The van der Waals surface area contributed by atoms with E-state index in [-0.39, 0.29) is 6.10 Å². The molecule has 0 radical (unpaired) electrons. The van der Waals surface area contributed by atoms with Gasteiger partial charge in [0.05, 0.1) is 6.10 Å². The van der Waals surface area contributed by atoms with E-state index < -0.39 is 0 Å². The summed E-state index contributed by atoms with van der Waals surface area (Å²) in [6, 6.07) is 6.28. The summed E-state index contributed by atoms with van der Waals surface area (Å²) < 4.78 is 0. The molecule has 1 aromatic rings. The first-order valence-corrected chi connectivity index (χ1v) is 4.05. The maximum absolute atomic E-state index is 9.47. The van der Waals surface area contributed by atoms with Crippen molar-refractivity contribution in [2.75, 3.05) is 0 Å². The van der Waals surface area contributed by atoms with Crippen molar-refractivity contribution in [3.8, 4) is 0 Å². The highest BCUT2D eigenvalue weighted by Crippen LogP contribution is 2.30. The van der Waals surface area contributed by atoms with Crippen molar-refractivity contribution >= 4 is 0 Å².